The number of amides is 1. The number of sulfonamides is 1. The van der Waals surface area contributed by atoms with E-state index in [1.165, 1.54) is 0 Å². The summed E-state index contributed by atoms with van der Waals surface area (Å²) in [4.78, 5) is 11.9. The number of carbonyl (C=O) groups excluding carboxylic acids is 1. The van der Waals surface area contributed by atoms with Crippen molar-refractivity contribution in [3.8, 4) is 0 Å². The molecule has 0 saturated carbocycles. The molecule has 0 aliphatic rings. The minimum atomic E-state index is -3.65. The van der Waals surface area contributed by atoms with E-state index in [-0.39, 0.29) is 30.4 Å². The first kappa shape index (κ1) is 21.3. The minimum absolute atomic E-state index is 0.120. The van der Waals surface area contributed by atoms with Gasteiger partial charge in [-0.05, 0) is 11.5 Å². The van der Waals surface area contributed by atoms with E-state index in [4.69, 9.17) is 5.73 Å². The zero-order valence-corrected chi connectivity index (χ0v) is 16.0. The number of nitrogens with one attached hydrogen (secondary N) is 4. The summed E-state index contributed by atoms with van der Waals surface area (Å²) in [5.74, 6) is -0.182. The van der Waals surface area contributed by atoms with Crippen molar-refractivity contribution in [1.29, 1.82) is 0 Å². The zero-order valence-electron chi connectivity index (χ0n) is 15.2. The third kappa shape index (κ3) is 6.89. The number of hydrogen-bond donors (Lipinski definition) is 5. The third-order valence-electron chi connectivity index (χ3n) is 3.86. The topological polar surface area (TPSA) is 125 Å². The number of hydrogen-bond acceptors (Lipinski definition) is 6. The Morgan fingerprint density at radius 1 is 0.889 bits per heavy atom. The monoisotopic (exact) mass is 393 g/mol. The van der Waals surface area contributed by atoms with E-state index in [0.717, 1.165) is 18.5 Å². The van der Waals surface area contributed by atoms with Crippen molar-refractivity contribution in [2.45, 2.75) is 4.90 Å². The molecule has 6 N–H and O–H groups in total. The second-order valence-electron chi connectivity index (χ2n) is 5.94. The Balaban J connectivity index is 1.74. The van der Waals surface area contributed by atoms with E-state index in [0.29, 0.717) is 18.5 Å². The largest absolute Gasteiger partial charge is 0.354 e. The number of rotatable bonds is 12. The van der Waals surface area contributed by atoms with Crippen molar-refractivity contribution < 1.29 is 13.2 Å². The summed E-state index contributed by atoms with van der Waals surface area (Å²) in [6, 6.07) is 12.5. The Kier molecular flexibility index (Phi) is 8.62. The fourth-order valence-corrected chi connectivity index (χ4v) is 3.82. The summed E-state index contributed by atoms with van der Waals surface area (Å²) in [6.07, 6.45) is 0. The molecule has 0 atom stereocenters. The van der Waals surface area contributed by atoms with E-state index in [9.17, 15) is 13.2 Å². The van der Waals surface area contributed by atoms with Crippen LogP contribution < -0.4 is 26.4 Å². The lowest BCUT2D eigenvalue weighted by atomic mass is 10.1. The highest BCUT2D eigenvalue weighted by Gasteiger charge is 2.16. The highest BCUT2D eigenvalue weighted by atomic mass is 32.2. The highest BCUT2D eigenvalue weighted by Crippen LogP contribution is 2.22. The van der Waals surface area contributed by atoms with E-state index < -0.39 is 10.0 Å². The SMILES string of the molecule is NCCNCCNCC(=O)NCCNS(=O)(=O)c1cccc2ccccc12. The van der Waals surface area contributed by atoms with Crippen molar-refractivity contribution in [2.75, 3.05) is 45.8 Å². The highest BCUT2D eigenvalue weighted by molar-refractivity contribution is 7.89. The summed E-state index contributed by atoms with van der Waals surface area (Å²) >= 11 is 0. The van der Waals surface area contributed by atoms with Gasteiger partial charge in [0.25, 0.3) is 0 Å². The molecule has 0 radical (unpaired) electrons. The van der Waals surface area contributed by atoms with Gasteiger partial charge in [0.15, 0.2) is 0 Å². The smallest absolute Gasteiger partial charge is 0.241 e. The molecule has 27 heavy (non-hydrogen) atoms. The standard InChI is InChI=1S/C18H27N5O3S/c19-8-9-20-10-11-21-14-18(24)22-12-13-23-27(25,26)17-7-3-5-15-4-1-2-6-16(15)17/h1-7,20-21,23H,8-14,19H2,(H,22,24). The molecule has 2 aromatic rings. The lowest BCUT2D eigenvalue weighted by Gasteiger charge is -2.10. The van der Waals surface area contributed by atoms with Gasteiger partial charge in [-0.25, -0.2) is 13.1 Å². The Bertz CT molecular complexity index is 837. The van der Waals surface area contributed by atoms with Gasteiger partial charge in [0.05, 0.1) is 11.4 Å². The Hall–Kier alpha value is -2.04. The normalized spacial score (nSPS) is 11.6. The van der Waals surface area contributed by atoms with Crippen LogP contribution in [0, 0.1) is 0 Å². The number of nitrogens with two attached hydrogens (primary N) is 1. The molecule has 2 rings (SSSR count). The molecule has 0 heterocycles. The molecule has 0 bridgehead atoms. The van der Waals surface area contributed by atoms with Crippen molar-refractivity contribution in [1.82, 2.24) is 20.7 Å². The molecule has 0 aromatic heterocycles. The first-order valence-electron chi connectivity index (χ1n) is 8.90. The van der Waals surface area contributed by atoms with Gasteiger partial charge in [-0.1, -0.05) is 36.4 Å². The molecule has 0 fully saturated rings. The molecule has 0 spiro atoms. The van der Waals surface area contributed by atoms with Gasteiger partial charge < -0.3 is 21.7 Å². The van der Waals surface area contributed by atoms with Crippen LogP contribution in [-0.2, 0) is 14.8 Å². The van der Waals surface area contributed by atoms with Gasteiger partial charge in [-0.3, -0.25) is 4.79 Å². The fourth-order valence-electron chi connectivity index (χ4n) is 2.56. The van der Waals surface area contributed by atoms with Gasteiger partial charge >= 0.3 is 0 Å². The predicted octanol–water partition coefficient (Wildman–Crippen LogP) is -0.628. The molecule has 0 unspecified atom stereocenters. The van der Waals surface area contributed by atoms with Crippen molar-refractivity contribution in [3.05, 3.63) is 42.5 Å². The molecule has 8 nitrogen and oxygen atoms in total. The predicted molar refractivity (Wildman–Crippen MR) is 107 cm³/mol. The maximum Gasteiger partial charge on any atom is 0.241 e. The molecule has 0 saturated heterocycles. The van der Waals surface area contributed by atoms with Crippen LogP contribution >= 0.6 is 0 Å². The molecule has 0 aliphatic heterocycles. The number of benzene rings is 2. The molecular weight excluding hydrogens is 366 g/mol. The van der Waals surface area contributed by atoms with Crippen LogP contribution in [0.4, 0.5) is 0 Å². The van der Waals surface area contributed by atoms with E-state index in [2.05, 4.69) is 20.7 Å². The van der Waals surface area contributed by atoms with E-state index >= 15 is 0 Å². The fraction of sp³-hybridized carbons (Fsp3) is 0.389. The van der Waals surface area contributed by atoms with Crippen LogP contribution in [-0.4, -0.2) is 60.1 Å². The lowest BCUT2D eigenvalue weighted by molar-refractivity contribution is -0.120. The minimum Gasteiger partial charge on any atom is -0.354 e. The van der Waals surface area contributed by atoms with Gasteiger partial charge in [-0.2, -0.15) is 0 Å². The quantitative estimate of drug-likeness (QED) is 0.306. The van der Waals surface area contributed by atoms with Gasteiger partial charge in [0, 0.05) is 44.7 Å². The zero-order chi connectivity index (χ0) is 19.5. The summed E-state index contributed by atoms with van der Waals surface area (Å²) in [5.41, 5.74) is 5.36. The van der Waals surface area contributed by atoms with E-state index in [1.54, 1.807) is 24.3 Å². The lowest BCUT2D eigenvalue weighted by Crippen LogP contribution is -2.40. The van der Waals surface area contributed by atoms with Crippen molar-refractivity contribution in [2.24, 2.45) is 5.73 Å². The average molecular weight is 394 g/mol. The maximum atomic E-state index is 12.5. The average Bonchev–Trinajstić information content (AvgIpc) is 2.67. The van der Waals surface area contributed by atoms with Gasteiger partial charge in [-0.15, -0.1) is 0 Å². The summed E-state index contributed by atoms with van der Waals surface area (Å²) in [6.45, 7) is 3.22. The van der Waals surface area contributed by atoms with Crippen LogP contribution in [0.1, 0.15) is 0 Å². The number of carbonyl (C=O) groups is 1. The first-order valence-corrected chi connectivity index (χ1v) is 10.4. The first-order chi connectivity index (χ1) is 13.0. The Morgan fingerprint density at radius 2 is 1.63 bits per heavy atom. The molecule has 9 heteroatoms. The molecule has 2 aromatic carbocycles. The van der Waals surface area contributed by atoms with Gasteiger partial charge in [0.1, 0.15) is 0 Å². The summed E-state index contributed by atoms with van der Waals surface area (Å²) < 4.78 is 27.6. The van der Waals surface area contributed by atoms with Crippen LogP contribution in [0.25, 0.3) is 10.8 Å². The van der Waals surface area contributed by atoms with E-state index in [1.807, 2.05) is 18.2 Å². The maximum absolute atomic E-state index is 12.5. The summed E-state index contributed by atoms with van der Waals surface area (Å²) in [7, 11) is -3.65. The molecule has 0 aliphatic carbocycles. The number of fused-ring (bicyclic) bond motifs is 1. The molecule has 148 valence electrons. The van der Waals surface area contributed by atoms with Gasteiger partial charge in [0.2, 0.25) is 15.9 Å². The van der Waals surface area contributed by atoms with Crippen LogP contribution in [0.2, 0.25) is 0 Å². The van der Waals surface area contributed by atoms with Crippen LogP contribution in [0.5, 0.6) is 0 Å². The molecular formula is C18H27N5O3S. The summed E-state index contributed by atoms with van der Waals surface area (Å²) in [5, 5.41) is 10.3. The van der Waals surface area contributed by atoms with Crippen LogP contribution in [0.15, 0.2) is 47.4 Å². The Morgan fingerprint density at radius 3 is 2.44 bits per heavy atom. The second-order valence-corrected chi connectivity index (χ2v) is 7.68. The van der Waals surface area contributed by atoms with Crippen LogP contribution in [0.3, 0.4) is 0 Å². The Labute approximate surface area is 159 Å². The third-order valence-corrected chi connectivity index (χ3v) is 5.38. The molecule has 1 amide bonds. The second kappa shape index (κ2) is 11.0. The van der Waals surface area contributed by atoms with Crippen molar-refractivity contribution >= 4 is 26.7 Å². The van der Waals surface area contributed by atoms with Crippen molar-refractivity contribution in [3.63, 3.8) is 0 Å².